The standard InChI is InChI=1S/C23H25Cl3N2O5S/c1-23(2,16-11-19(25)22(20(26)12-16)31-10-4-9-24)15-5-7-17(8-6-15)32-14-18-13-21(27-33-18)28-34(3,29)30/h5-8,11-13H,4,9-10,14H2,1-3H3,(H,27,28). The van der Waals surface area contributed by atoms with Crippen molar-refractivity contribution in [2.75, 3.05) is 23.5 Å². The number of nitrogens with zero attached hydrogens (tertiary/aromatic N) is 1. The zero-order valence-electron chi connectivity index (χ0n) is 18.9. The Hall–Kier alpha value is -2.13. The fourth-order valence-corrected chi connectivity index (χ4v) is 4.38. The summed E-state index contributed by atoms with van der Waals surface area (Å²) in [6, 6.07) is 12.8. The van der Waals surface area contributed by atoms with Gasteiger partial charge in [-0.15, -0.1) is 11.6 Å². The summed E-state index contributed by atoms with van der Waals surface area (Å²) >= 11 is 18.6. The molecule has 0 bridgehead atoms. The van der Waals surface area contributed by atoms with Crippen LogP contribution in [-0.4, -0.2) is 32.3 Å². The van der Waals surface area contributed by atoms with Crippen molar-refractivity contribution in [2.24, 2.45) is 0 Å². The van der Waals surface area contributed by atoms with Crippen LogP contribution in [0.15, 0.2) is 47.0 Å². The van der Waals surface area contributed by atoms with Crippen LogP contribution in [-0.2, 0) is 22.0 Å². The highest BCUT2D eigenvalue weighted by Crippen LogP contribution is 2.40. The lowest BCUT2D eigenvalue weighted by atomic mass is 9.78. The first kappa shape index (κ1) is 26.5. The van der Waals surface area contributed by atoms with Gasteiger partial charge in [0.2, 0.25) is 10.0 Å². The van der Waals surface area contributed by atoms with Gasteiger partial charge in [0, 0.05) is 17.4 Å². The second kappa shape index (κ2) is 11.1. The van der Waals surface area contributed by atoms with E-state index in [0.29, 0.717) is 46.2 Å². The monoisotopic (exact) mass is 546 g/mol. The normalized spacial score (nSPS) is 11.9. The fourth-order valence-electron chi connectivity index (χ4n) is 3.20. The molecule has 0 atom stereocenters. The van der Waals surface area contributed by atoms with E-state index in [9.17, 15) is 8.42 Å². The van der Waals surface area contributed by atoms with Crippen LogP contribution in [0.5, 0.6) is 11.5 Å². The largest absolute Gasteiger partial charge is 0.490 e. The highest BCUT2D eigenvalue weighted by Gasteiger charge is 2.25. The van der Waals surface area contributed by atoms with Crippen LogP contribution in [0.1, 0.15) is 37.2 Å². The number of rotatable bonds is 11. The Bertz CT molecular complexity index is 1200. The van der Waals surface area contributed by atoms with Gasteiger partial charge in [0.15, 0.2) is 17.3 Å². The lowest BCUT2D eigenvalue weighted by molar-refractivity contribution is 0.249. The van der Waals surface area contributed by atoms with E-state index in [0.717, 1.165) is 17.4 Å². The molecule has 1 aromatic heterocycles. The first-order chi connectivity index (χ1) is 16.0. The summed E-state index contributed by atoms with van der Waals surface area (Å²) in [5.74, 6) is 2.06. The van der Waals surface area contributed by atoms with E-state index in [4.69, 9.17) is 48.8 Å². The molecule has 184 valence electrons. The number of hydrogen-bond acceptors (Lipinski definition) is 6. The maximum absolute atomic E-state index is 11.3. The summed E-state index contributed by atoms with van der Waals surface area (Å²) in [5.41, 5.74) is 1.58. The smallest absolute Gasteiger partial charge is 0.231 e. The molecule has 34 heavy (non-hydrogen) atoms. The van der Waals surface area contributed by atoms with Gasteiger partial charge in [-0.1, -0.05) is 54.3 Å². The zero-order valence-corrected chi connectivity index (χ0v) is 22.0. The summed E-state index contributed by atoms with van der Waals surface area (Å²) in [6.45, 7) is 4.68. The van der Waals surface area contributed by atoms with Gasteiger partial charge in [-0.05, 0) is 41.8 Å². The van der Waals surface area contributed by atoms with E-state index in [-0.39, 0.29) is 12.4 Å². The van der Waals surface area contributed by atoms with Crippen molar-refractivity contribution < 1.29 is 22.4 Å². The van der Waals surface area contributed by atoms with Gasteiger partial charge < -0.3 is 14.0 Å². The van der Waals surface area contributed by atoms with Crippen LogP contribution < -0.4 is 14.2 Å². The Labute approximate surface area is 214 Å². The first-order valence-electron chi connectivity index (χ1n) is 10.3. The molecule has 0 spiro atoms. The van der Waals surface area contributed by atoms with Gasteiger partial charge >= 0.3 is 0 Å². The zero-order chi connectivity index (χ0) is 24.9. The molecule has 0 fully saturated rings. The molecule has 7 nitrogen and oxygen atoms in total. The minimum absolute atomic E-state index is 0.0948. The number of aromatic nitrogens is 1. The van der Waals surface area contributed by atoms with Crippen molar-refractivity contribution in [3.05, 3.63) is 69.4 Å². The summed E-state index contributed by atoms with van der Waals surface area (Å²) in [5, 5.41) is 4.55. The van der Waals surface area contributed by atoms with E-state index < -0.39 is 15.4 Å². The third-order valence-electron chi connectivity index (χ3n) is 5.05. The van der Waals surface area contributed by atoms with Crippen molar-refractivity contribution in [3.8, 4) is 11.5 Å². The van der Waals surface area contributed by atoms with Gasteiger partial charge in [0.25, 0.3) is 0 Å². The third-order valence-corrected chi connectivity index (χ3v) is 6.46. The number of anilines is 1. The van der Waals surface area contributed by atoms with E-state index in [1.54, 1.807) is 0 Å². The number of halogens is 3. The molecule has 0 saturated heterocycles. The van der Waals surface area contributed by atoms with Crippen LogP contribution in [0.4, 0.5) is 5.82 Å². The Morgan fingerprint density at radius 1 is 1.03 bits per heavy atom. The van der Waals surface area contributed by atoms with Crippen LogP contribution in [0.3, 0.4) is 0 Å². The molecule has 0 aliphatic carbocycles. The molecule has 3 aromatic rings. The van der Waals surface area contributed by atoms with Gasteiger partial charge in [-0.2, -0.15) is 0 Å². The first-order valence-corrected chi connectivity index (χ1v) is 13.5. The molecule has 11 heteroatoms. The van der Waals surface area contributed by atoms with Crippen molar-refractivity contribution >= 4 is 50.6 Å². The molecule has 0 aliphatic heterocycles. The molecular weight excluding hydrogens is 523 g/mol. The topological polar surface area (TPSA) is 90.7 Å². The van der Waals surface area contributed by atoms with Gasteiger partial charge in [0.1, 0.15) is 12.4 Å². The molecule has 0 aliphatic rings. The van der Waals surface area contributed by atoms with Gasteiger partial charge in [-0.25, -0.2) is 8.42 Å². The molecule has 1 N–H and O–H groups in total. The molecular formula is C23H25Cl3N2O5S. The molecule has 3 rings (SSSR count). The molecule has 0 amide bonds. The summed E-state index contributed by atoms with van der Waals surface area (Å²) in [6.07, 6.45) is 1.74. The van der Waals surface area contributed by atoms with Crippen molar-refractivity contribution in [1.29, 1.82) is 0 Å². The number of nitrogens with one attached hydrogen (secondary N) is 1. The average Bonchev–Trinajstić information content (AvgIpc) is 3.20. The van der Waals surface area contributed by atoms with Crippen LogP contribution in [0, 0.1) is 0 Å². The van der Waals surface area contributed by atoms with Crippen molar-refractivity contribution in [2.45, 2.75) is 32.3 Å². The number of sulfonamides is 1. The minimum atomic E-state index is -3.43. The summed E-state index contributed by atoms with van der Waals surface area (Å²) < 4.78 is 41.3. The fraction of sp³-hybridized carbons (Fsp3) is 0.348. The van der Waals surface area contributed by atoms with Gasteiger partial charge in [0.05, 0.1) is 22.9 Å². The Kier molecular flexibility index (Phi) is 8.62. The Morgan fingerprint density at radius 2 is 1.68 bits per heavy atom. The highest BCUT2D eigenvalue weighted by atomic mass is 35.5. The quantitative estimate of drug-likeness (QED) is 0.225. The van der Waals surface area contributed by atoms with Crippen LogP contribution in [0.25, 0.3) is 0 Å². The summed E-state index contributed by atoms with van der Waals surface area (Å²) in [4.78, 5) is 0. The Balaban J connectivity index is 1.68. The van der Waals surface area contributed by atoms with E-state index in [2.05, 4.69) is 23.7 Å². The minimum Gasteiger partial charge on any atom is -0.490 e. The van der Waals surface area contributed by atoms with Crippen molar-refractivity contribution in [3.63, 3.8) is 0 Å². The number of benzene rings is 2. The van der Waals surface area contributed by atoms with Crippen LogP contribution >= 0.6 is 34.8 Å². The summed E-state index contributed by atoms with van der Waals surface area (Å²) in [7, 11) is -3.43. The predicted molar refractivity (Wildman–Crippen MR) is 135 cm³/mol. The molecule has 0 radical (unpaired) electrons. The maximum Gasteiger partial charge on any atom is 0.231 e. The van der Waals surface area contributed by atoms with Crippen molar-refractivity contribution in [1.82, 2.24) is 5.16 Å². The van der Waals surface area contributed by atoms with Gasteiger partial charge in [-0.3, -0.25) is 4.72 Å². The maximum atomic E-state index is 11.3. The van der Waals surface area contributed by atoms with E-state index in [1.807, 2.05) is 36.4 Å². The Morgan fingerprint density at radius 3 is 2.26 bits per heavy atom. The SMILES string of the molecule is CC(C)(c1ccc(OCc2cc(NS(C)(=O)=O)no2)cc1)c1cc(Cl)c(OCCCCl)c(Cl)c1. The third kappa shape index (κ3) is 6.95. The van der Waals surface area contributed by atoms with E-state index in [1.165, 1.54) is 6.07 Å². The van der Waals surface area contributed by atoms with E-state index >= 15 is 0 Å². The molecule has 1 heterocycles. The lowest BCUT2D eigenvalue weighted by Crippen LogP contribution is -2.19. The second-order valence-corrected chi connectivity index (χ2v) is 11.1. The average molecular weight is 548 g/mol. The second-order valence-electron chi connectivity index (χ2n) is 8.15. The molecule has 2 aromatic carbocycles. The predicted octanol–water partition coefficient (Wildman–Crippen LogP) is 6.27. The van der Waals surface area contributed by atoms with Crippen LogP contribution in [0.2, 0.25) is 10.0 Å². The number of hydrogen-bond donors (Lipinski definition) is 1. The lowest BCUT2D eigenvalue weighted by Gasteiger charge is -2.27. The highest BCUT2D eigenvalue weighted by molar-refractivity contribution is 7.92. The molecule has 0 unspecified atom stereocenters. The molecule has 0 saturated carbocycles. The number of alkyl halides is 1. The number of ether oxygens (including phenoxy) is 2.